The van der Waals surface area contributed by atoms with Crippen molar-refractivity contribution in [2.75, 3.05) is 4.90 Å². The van der Waals surface area contributed by atoms with E-state index >= 15 is 0 Å². The molecule has 0 N–H and O–H groups in total. The Kier molecular flexibility index (Phi) is 7.41. The Balaban J connectivity index is 1.15. The van der Waals surface area contributed by atoms with Crippen LogP contribution in [0, 0.1) is 0 Å². The monoisotopic (exact) mass is 681 g/mol. The third kappa shape index (κ3) is 4.84. The fourth-order valence-corrected chi connectivity index (χ4v) is 9.91. The van der Waals surface area contributed by atoms with E-state index in [1.165, 1.54) is 78.2 Å². The summed E-state index contributed by atoms with van der Waals surface area (Å²) in [5, 5.41) is 0. The van der Waals surface area contributed by atoms with Crippen LogP contribution in [-0.2, 0) is 10.8 Å². The van der Waals surface area contributed by atoms with Crippen LogP contribution in [0.1, 0.15) is 66.5 Å². The van der Waals surface area contributed by atoms with Gasteiger partial charge in [0.15, 0.2) is 0 Å². The molecule has 256 valence electrons. The van der Waals surface area contributed by atoms with Gasteiger partial charge in [0.1, 0.15) is 0 Å². The summed E-state index contributed by atoms with van der Waals surface area (Å²) in [6.45, 7) is 4.78. The standard InChI is InChI=1S/C52H43N/c1-51(2)47-25-12-9-22-43(47)46-33-32-42(35-50(46)51)53(40-30-28-37(29-31-40)36-16-5-3-6-17-36)41-21-15-20-39(34-41)52(38-18-7-4-8-19-38)48-26-13-10-23-44(48)45-24-11-14-27-49(45)52/h3-14,16-20,22-30,32-35,40H,15,21,31H2,1-2H3. The van der Waals surface area contributed by atoms with E-state index in [0.717, 1.165) is 19.3 Å². The summed E-state index contributed by atoms with van der Waals surface area (Å²) in [5.74, 6) is 0. The van der Waals surface area contributed by atoms with Gasteiger partial charge >= 0.3 is 0 Å². The van der Waals surface area contributed by atoms with Crippen molar-refractivity contribution in [2.24, 2.45) is 0 Å². The van der Waals surface area contributed by atoms with Crippen LogP contribution in [0.3, 0.4) is 0 Å². The lowest BCUT2D eigenvalue weighted by Gasteiger charge is -2.40. The molecule has 1 nitrogen and oxygen atoms in total. The normalized spacial score (nSPS) is 18.5. The van der Waals surface area contributed by atoms with Gasteiger partial charge in [0.05, 0.1) is 11.5 Å². The van der Waals surface area contributed by atoms with Crippen LogP contribution in [0.25, 0.3) is 27.8 Å². The highest BCUT2D eigenvalue weighted by atomic mass is 15.2. The zero-order chi connectivity index (χ0) is 35.6. The van der Waals surface area contributed by atoms with E-state index in [1.54, 1.807) is 0 Å². The molecule has 0 spiro atoms. The summed E-state index contributed by atoms with van der Waals surface area (Å²) in [5.41, 5.74) is 18.4. The SMILES string of the molecule is CC1(C)c2ccccc2-c2ccc(N(C3=CC(C4(c5ccccc5)c5ccccc5-c5ccccc54)=CCC3)C3C=CC(c4ccccc4)=CC3)cc21. The lowest BCUT2D eigenvalue weighted by atomic mass is 9.66. The average molecular weight is 682 g/mol. The molecule has 1 atom stereocenters. The van der Waals surface area contributed by atoms with Gasteiger partial charge < -0.3 is 4.90 Å². The molecule has 6 aromatic rings. The number of hydrogen-bond acceptors (Lipinski definition) is 1. The molecule has 0 saturated carbocycles. The van der Waals surface area contributed by atoms with Crippen molar-refractivity contribution in [3.8, 4) is 22.3 Å². The Hall–Kier alpha value is -5.92. The van der Waals surface area contributed by atoms with Crippen molar-refractivity contribution >= 4 is 11.3 Å². The number of benzene rings is 6. The average Bonchev–Trinajstić information content (AvgIpc) is 3.65. The van der Waals surface area contributed by atoms with Crippen LogP contribution in [-0.4, -0.2) is 6.04 Å². The molecule has 0 amide bonds. The van der Waals surface area contributed by atoms with Gasteiger partial charge in [0, 0.05) is 16.8 Å². The summed E-state index contributed by atoms with van der Waals surface area (Å²) in [4.78, 5) is 2.67. The molecule has 0 fully saturated rings. The van der Waals surface area contributed by atoms with Crippen LogP contribution in [0.4, 0.5) is 5.69 Å². The molecule has 4 aliphatic rings. The van der Waals surface area contributed by atoms with E-state index in [1.807, 2.05) is 0 Å². The molecule has 1 unspecified atom stereocenters. The maximum absolute atomic E-state index is 2.67. The van der Waals surface area contributed by atoms with Gasteiger partial charge in [-0.2, -0.15) is 0 Å². The number of rotatable bonds is 6. The second-order valence-electron chi connectivity index (χ2n) is 15.5. The highest BCUT2D eigenvalue weighted by Gasteiger charge is 2.47. The van der Waals surface area contributed by atoms with Gasteiger partial charge in [-0.1, -0.05) is 178 Å². The number of hydrogen-bond donors (Lipinski definition) is 0. The minimum atomic E-state index is -0.407. The van der Waals surface area contributed by atoms with Gasteiger partial charge in [-0.25, -0.2) is 0 Å². The zero-order valence-electron chi connectivity index (χ0n) is 30.5. The van der Waals surface area contributed by atoms with Crippen molar-refractivity contribution in [2.45, 2.75) is 50.0 Å². The largest absolute Gasteiger partial charge is 0.338 e. The topological polar surface area (TPSA) is 3.24 Å². The highest BCUT2D eigenvalue weighted by molar-refractivity contribution is 5.87. The molecule has 0 aromatic heterocycles. The predicted molar refractivity (Wildman–Crippen MR) is 222 cm³/mol. The van der Waals surface area contributed by atoms with Crippen LogP contribution in [0.15, 0.2) is 193 Å². The van der Waals surface area contributed by atoms with Crippen molar-refractivity contribution in [1.29, 1.82) is 0 Å². The van der Waals surface area contributed by atoms with Crippen LogP contribution in [0.2, 0.25) is 0 Å². The smallest absolute Gasteiger partial charge is 0.0711 e. The zero-order valence-corrected chi connectivity index (χ0v) is 30.5. The van der Waals surface area contributed by atoms with Crippen molar-refractivity contribution in [3.05, 3.63) is 227 Å². The first kappa shape index (κ1) is 31.8. The van der Waals surface area contributed by atoms with Gasteiger partial charge in [-0.15, -0.1) is 0 Å². The van der Waals surface area contributed by atoms with Crippen LogP contribution < -0.4 is 4.90 Å². The molecule has 53 heavy (non-hydrogen) atoms. The van der Waals surface area contributed by atoms with E-state index in [-0.39, 0.29) is 11.5 Å². The predicted octanol–water partition coefficient (Wildman–Crippen LogP) is 12.8. The molecular weight excluding hydrogens is 639 g/mol. The first-order valence-corrected chi connectivity index (χ1v) is 19.2. The second kappa shape index (κ2) is 12.3. The summed E-state index contributed by atoms with van der Waals surface area (Å²) in [6.07, 6.45) is 15.2. The van der Waals surface area contributed by atoms with E-state index in [9.17, 15) is 0 Å². The second-order valence-corrected chi connectivity index (χ2v) is 15.5. The fraction of sp³-hybridized carbons (Fsp3) is 0.154. The first-order chi connectivity index (χ1) is 26.0. The lowest BCUT2D eigenvalue weighted by Crippen LogP contribution is -2.36. The van der Waals surface area contributed by atoms with E-state index in [0.29, 0.717) is 0 Å². The lowest BCUT2D eigenvalue weighted by molar-refractivity contribution is 0.657. The Labute approximate surface area is 314 Å². The van der Waals surface area contributed by atoms with Gasteiger partial charge in [-0.3, -0.25) is 0 Å². The van der Waals surface area contributed by atoms with E-state index in [2.05, 4.69) is 201 Å². The maximum atomic E-state index is 2.67. The van der Waals surface area contributed by atoms with Crippen LogP contribution >= 0.6 is 0 Å². The quantitative estimate of drug-likeness (QED) is 0.169. The van der Waals surface area contributed by atoms with Crippen molar-refractivity contribution < 1.29 is 0 Å². The summed E-state index contributed by atoms with van der Waals surface area (Å²) >= 11 is 0. The number of fused-ring (bicyclic) bond motifs is 6. The third-order valence-electron chi connectivity index (χ3n) is 12.3. The molecule has 0 bridgehead atoms. The Morgan fingerprint density at radius 1 is 0.566 bits per heavy atom. The molecule has 10 rings (SSSR count). The van der Waals surface area contributed by atoms with Crippen LogP contribution in [0.5, 0.6) is 0 Å². The number of allylic oxidation sites excluding steroid dienone is 6. The highest BCUT2D eigenvalue weighted by Crippen LogP contribution is 2.58. The van der Waals surface area contributed by atoms with Crippen molar-refractivity contribution in [1.82, 2.24) is 0 Å². The van der Waals surface area contributed by atoms with E-state index in [4.69, 9.17) is 0 Å². The fourth-order valence-electron chi connectivity index (χ4n) is 9.91. The molecule has 1 heteroatoms. The third-order valence-corrected chi connectivity index (χ3v) is 12.3. The Bertz CT molecular complexity index is 2460. The number of nitrogens with zero attached hydrogens (tertiary/aromatic N) is 1. The summed E-state index contributed by atoms with van der Waals surface area (Å²) < 4.78 is 0. The van der Waals surface area contributed by atoms with Gasteiger partial charge in [-0.05, 0) is 104 Å². The minimum Gasteiger partial charge on any atom is -0.338 e. The van der Waals surface area contributed by atoms with E-state index < -0.39 is 5.41 Å². The molecule has 4 aliphatic carbocycles. The Morgan fingerprint density at radius 3 is 1.81 bits per heavy atom. The number of anilines is 1. The Morgan fingerprint density at radius 2 is 1.15 bits per heavy atom. The van der Waals surface area contributed by atoms with Gasteiger partial charge in [0.25, 0.3) is 0 Å². The minimum absolute atomic E-state index is 0.0724. The van der Waals surface area contributed by atoms with Crippen molar-refractivity contribution in [3.63, 3.8) is 0 Å². The molecule has 0 aliphatic heterocycles. The maximum Gasteiger partial charge on any atom is 0.0711 e. The molecule has 0 saturated heterocycles. The molecule has 0 radical (unpaired) electrons. The summed E-state index contributed by atoms with van der Waals surface area (Å²) in [6, 6.07) is 56.6. The molecular formula is C52H43N. The molecule has 6 aromatic carbocycles. The van der Waals surface area contributed by atoms with Gasteiger partial charge in [0.2, 0.25) is 0 Å². The molecule has 0 heterocycles. The first-order valence-electron chi connectivity index (χ1n) is 19.2. The summed E-state index contributed by atoms with van der Waals surface area (Å²) in [7, 11) is 0.